The van der Waals surface area contributed by atoms with Crippen molar-refractivity contribution in [2.75, 3.05) is 13.2 Å². The Morgan fingerprint density at radius 2 is 1.82 bits per heavy atom. The quantitative estimate of drug-likeness (QED) is 0.773. The molecule has 1 unspecified atom stereocenters. The Bertz CT molecular complexity index is 216. The zero-order valence-corrected chi connectivity index (χ0v) is 12.4. The molecule has 1 aliphatic heterocycles. The van der Waals surface area contributed by atoms with Crippen molar-refractivity contribution in [2.45, 2.75) is 78.2 Å². The molecule has 1 heterocycles. The number of hydrogen-bond acceptors (Lipinski definition) is 3. The summed E-state index contributed by atoms with van der Waals surface area (Å²) in [6.45, 7) is 15.2. The van der Waals surface area contributed by atoms with Crippen LogP contribution in [0.5, 0.6) is 0 Å². The van der Waals surface area contributed by atoms with E-state index < -0.39 is 0 Å². The Morgan fingerprint density at radius 3 is 2.29 bits per heavy atom. The maximum atomic E-state index is 5.79. The molecular formula is C14H30N2O. The lowest BCUT2D eigenvalue weighted by Crippen LogP contribution is -2.40. The summed E-state index contributed by atoms with van der Waals surface area (Å²) in [7, 11) is 0. The van der Waals surface area contributed by atoms with Gasteiger partial charge >= 0.3 is 0 Å². The molecule has 1 saturated heterocycles. The van der Waals surface area contributed by atoms with Crippen molar-refractivity contribution >= 4 is 0 Å². The standard InChI is InChI=1S/C14H30N2O/c1-10(2)15-13-7-14(9-17-12(5)6)16(8-13)11(3)4/h10-15H,7-9H2,1-6H3/t13?,14-/m0/s1. The molecule has 3 heteroatoms. The lowest BCUT2D eigenvalue weighted by Gasteiger charge is -2.28. The van der Waals surface area contributed by atoms with E-state index in [1.54, 1.807) is 0 Å². The Hall–Kier alpha value is -0.120. The predicted molar refractivity (Wildman–Crippen MR) is 73.4 cm³/mol. The van der Waals surface area contributed by atoms with Gasteiger partial charge in [0.05, 0.1) is 12.7 Å². The van der Waals surface area contributed by atoms with Gasteiger partial charge in [0.1, 0.15) is 0 Å². The third-order valence-corrected chi connectivity index (χ3v) is 3.31. The van der Waals surface area contributed by atoms with Gasteiger partial charge in [0.25, 0.3) is 0 Å². The van der Waals surface area contributed by atoms with Crippen molar-refractivity contribution in [2.24, 2.45) is 0 Å². The summed E-state index contributed by atoms with van der Waals surface area (Å²) in [5.41, 5.74) is 0. The van der Waals surface area contributed by atoms with E-state index in [0.717, 1.165) is 13.2 Å². The van der Waals surface area contributed by atoms with E-state index in [-0.39, 0.29) is 0 Å². The molecule has 0 bridgehead atoms. The van der Waals surface area contributed by atoms with Crippen LogP contribution in [-0.2, 0) is 4.74 Å². The lowest BCUT2D eigenvalue weighted by molar-refractivity contribution is 0.0299. The molecule has 1 aliphatic rings. The largest absolute Gasteiger partial charge is 0.377 e. The van der Waals surface area contributed by atoms with Crippen molar-refractivity contribution in [1.29, 1.82) is 0 Å². The van der Waals surface area contributed by atoms with Crippen LogP contribution in [0, 0.1) is 0 Å². The third-order valence-electron chi connectivity index (χ3n) is 3.31. The molecular weight excluding hydrogens is 212 g/mol. The van der Waals surface area contributed by atoms with Crippen LogP contribution in [0.2, 0.25) is 0 Å². The number of nitrogens with one attached hydrogen (secondary N) is 1. The highest BCUT2D eigenvalue weighted by Crippen LogP contribution is 2.21. The highest BCUT2D eigenvalue weighted by molar-refractivity contribution is 4.91. The van der Waals surface area contributed by atoms with Crippen LogP contribution in [0.3, 0.4) is 0 Å². The van der Waals surface area contributed by atoms with E-state index >= 15 is 0 Å². The molecule has 1 N–H and O–H groups in total. The van der Waals surface area contributed by atoms with E-state index in [1.165, 1.54) is 6.42 Å². The van der Waals surface area contributed by atoms with Crippen molar-refractivity contribution in [3.8, 4) is 0 Å². The Labute approximate surface area is 107 Å². The van der Waals surface area contributed by atoms with Gasteiger partial charge in [0.15, 0.2) is 0 Å². The molecule has 1 rings (SSSR count). The minimum Gasteiger partial charge on any atom is -0.377 e. The summed E-state index contributed by atoms with van der Waals surface area (Å²) < 4.78 is 5.79. The number of nitrogens with zero attached hydrogens (tertiary/aromatic N) is 1. The van der Waals surface area contributed by atoms with E-state index in [2.05, 4.69) is 51.8 Å². The fourth-order valence-electron chi connectivity index (χ4n) is 2.63. The normalized spacial score (nSPS) is 26.6. The predicted octanol–water partition coefficient (Wildman–Crippen LogP) is 2.26. The van der Waals surface area contributed by atoms with Gasteiger partial charge in [-0.25, -0.2) is 0 Å². The van der Waals surface area contributed by atoms with Gasteiger partial charge in [-0.15, -0.1) is 0 Å². The summed E-state index contributed by atoms with van der Waals surface area (Å²) in [5, 5.41) is 3.65. The van der Waals surface area contributed by atoms with Gasteiger partial charge in [0, 0.05) is 30.7 Å². The molecule has 102 valence electrons. The summed E-state index contributed by atoms with van der Waals surface area (Å²) in [6.07, 6.45) is 1.55. The molecule has 0 aromatic heterocycles. The molecule has 0 spiro atoms. The summed E-state index contributed by atoms with van der Waals surface area (Å²) in [6, 6.07) is 2.38. The van der Waals surface area contributed by atoms with Crippen LogP contribution in [0.15, 0.2) is 0 Å². The smallest absolute Gasteiger partial charge is 0.0626 e. The van der Waals surface area contributed by atoms with Crippen LogP contribution in [0.1, 0.15) is 48.0 Å². The molecule has 0 saturated carbocycles. The zero-order chi connectivity index (χ0) is 13.0. The fraction of sp³-hybridized carbons (Fsp3) is 1.00. The van der Waals surface area contributed by atoms with E-state index in [4.69, 9.17) is 4.74 Å². The summed E-state index contributed by atoms with van der Waals surface area (Å²) in [4.78, 5) is 2.57. The minimum absolute atomic E-state index is 0.334. The van der Waals surface area contributed by atoms with Gasteiger partial charge in [-0.3, -0.25) is 4.90 Å². The van der Waals surface area contributed by atoms with Crippen LogP contribution in [0.25, 0.3) is 0 Å². The number of likely N-dealkylation sites (tertiary alicyclic amines) is 1. The first kappa shape index (κ1) is 14.9. The van der Waals surface area contributed by atoms with Gasteiger partial charge in [-0.1, -0.05) is 13.8 Å². The first-order valence-electron chi connectivity index (χ1n) is 7.03. The van der Waals surface area contributed by atoms with Crippen molar-refractivity contribution in [1.82, 2.24) is 10.2 Å². The average molecular weight is 242 g/mol. The molecule has 17 heavy (non-hydrogen) atoms. The van der Waals surface area contributed by atoms with Gasteiger partial charge in [-0.2, -0.15) is 0 Å². The minimum atomic E-state index is 0.334. The molecule has 0 radical (unpaired) electrons. The molecule has 0 aromatic carbocycles. The van der Waals surface area contributed by atoms with Crippen molar-refractivity contribution < 1.29 is 4.74 Å². The SMILES string of the molecule is CC(C)NC1C[C@@H](COC(C)C)N(C(C)C)C1. The van der Waals surface area contributed by atoms with E-state index in [0.29, 0.717) is 30.3 Å². The Kier molecular flexibility index (Phi) is 5.90. The topological polar surface area (TPSA) is 24.5 Å². The van der Waals surface area contributed by atoms with Crippen LogP contribution in [-0.4, -0.2) is 48.3 Å². The van der Waals surface area contributed by atoms with Gasteiger partial charge in [0.2, 0.25) is 0 Å². The molecule has 3 nitrogen and oxygen atoms in total. The van der Waals surface area contributed by atoms with Crippen LogP contribution < -0.4 is 5.32 Å². The van der Waals surface area contributed by atoms with Gasteiger partial charge in [-0.05, 0) is 34.1 Å². The maximum Gasteiger partial charge on any atom is 0.0626 e. The third kappa shape index (κ3) is 4.94. The molecule has 0 aliphatic carbocycles. The van der Waals surface area contributed by atoms with Gasteiger partial charge < -0.3 is 10.1 Å². The Balaban J connectivity index is 2.48. The second kappa shape index (κ2) is 6.72. The second-order valence-electron chi connectivity index (χ2n) is 6.08. The average Bonchev–Trinajstić information content (AvgIpc) is 2.57. The van der Waals surface area contributed by atoms with E-state index in [9.17, 15) is 0 Å². The van der Waals surface area contributed by atoms with Crippen LogP contribution >= 0.6 is 0 Å². The first-order valence-corrected chi connectivity index (χ1v) is 7.03. The molecule has 2 atom stereocenters. The highest BCUT2D eigenvalue weighted by Gasteiger charge is 2.33. The first-order chi connectivity index (χ1) is 7.90. The lowest BCUT2D eigenvalue weighted by atomic mass is 10.1. The highest BCUT2D eigenvalue weighted by atomic mass is 16.5. The second-order valence-corrected chi connectivity index (χ2v) is 6.08. The number of ether oxygens (including phenoxy) is 1. The number of hydrogen-bond donors (Lipinski definition) is 1. The summed E-state index contributed by atoms with van der Waals surface area (Å²) in [5.74, 6) is 0. The van der Waals surface area contributed by atoms with E-state index in [1.807, 2.05) is 0 Å². The maximum absolute atomic E-state index is 5.79. The molecule has 0 amide bonds. The zero-order valence-electron chi connectivity index (χ0n) is 12.4. The van der Waals surface area contributed by atoms with Crippen molar-refractivity contribution in [3.63, 3.8) is 0 Å². The van der Waals surface area contributed by atoms with Crippen molar-refractivity contribution in [3.05, 3.63) is 0 Å². The Morgan fingerprint density at radius 1 is 1.18 bits per heavy atom. The molecule has 1 fully saturated rings. The number of rotatable bonds is 6. The monoisotopic (exact) mass is 242 g/mol. The molecule has 0 aromatic rings. The summed E-state index contributed by atoms with van der Waals surface area (Å²) >= 11 is 0. The fourth-order valence-corrected chi connectivity index (χ4v) is 2.63. The van der Waals surface area contributed by atoms with Crippen LogP contribution in [0.4, 0.5) is 0 Å².